The predicted molar refractivity (Wildman–Crippen MR) is 58.3 cm³/mol. The van der Waals surface area contributed by atoms with Gasteiger partial charge in [-0.15, -0.1) is 0 Å². The average molecular weight is 235 g/mol. The number of unbranched alkanes of at least 4 members (excludes halogenated alkanes) is 1. The highest BCUT2D eigenvalue weighted by Gasteiger charge is 2.01. The van der Waals surface area contributed by atoms with Crippen LogP contribution in [0.25, 0.3) is 0 Å². The van der Waals surface area contributed by atoms with Crippen LogP contribution in [-0.4, -0.2) is 18.3 Å². The van der Waals surface area contributed by atoms with Gasteiger partial charge in [-0.2, -0.15) is 0 Å². The first-order valence-corrected chi connectivity index (χ1v) is 5.18. The second-order valence-electron chi connectivity index (χ2n) is 2.85. The van der Waals surface area contributed by atoms with E-state index in [1.54, 1.807) is 18.2 Å². The molecule has 0 amide bonds. The molecule has 0 unspecified atom stereocenters. The Hall–Kier alpha value is -0.440. The number of ether oxygens (including phenoxy) is 1. The molecule has 0 aliphatic rings. The fourth-order valence-corrected chi connectivity index (χ4v) is 1.32. The van der Waals surface area contributed by atoms with Crippen molar-refractivity contribution in [2.45, 2.75) is 12.8 Å². The molecule has 0 fully saturated rings. The lowest BCUT2D eigenvalue weighted by Crippen LogP contribution is -1.98. The Morgan fingerprint density at radius 1 is 1.21 bits per heavy atom. The van der Waals surface area contributed by atoms with Crippen molar-refractivity contribution in [3.63, 3.8) is 0 Å². The van der Waals surface area contributed by atoms with Gasteiger partial charge in [0.2, 0.25) is 0 Å². The van der Waals surface area contributed by atoms with E-state index in [-0.39, 0.29) is 6.61 Å². The molecular formula is C10H12Cl2O2. The van der Waals surface area contributed by atoms with Gasteiger partial charge in [-0.1, -0.05) is 23.2 Å². The second kappa shape index (κ2) is 6.12. The minimum Gasteiger partial charge on any atom is -0.492 e. The van der Waals surface area contributed by atoms with E-state index < -0.39 is 0 Å². The lowest BCUT2D eigenvalue weighted by atomic mass is 10.3. The van der Waals surface area contributed by atoms with Gasteiger partial charge < -0.3 is 9.84 Å². The molecule has 78 valence electrons. The van der Waals surface area contributed by atoms with Gasteiger partial charge in [0.05, 0.1) is 11.6 Å². The van der Waals surface area contributed by atoms with Gasteiger partial charge in [0.1, 0.15) is 5.75 Å². The predicted octanol–water partition coefficient (Wildman–Crippen LogP) is 3.14. The summed E-state index contributed by atoms with van der Waals surface area (Å²) in [6.07, 6.45) is 1.54. The van der Waals surface area contributed by atoms with Crippen LogP contribution >= 0.6 is 23.2 Å². The zero-order valence-corrected chi connectivity index (χ0v) is 9.18. The first-order valence-electron chi connectivity index (χ1n) is 4.43. The number of halogens is 2. The standard InChI is InChI=1S/C10H12Cl2O2/c11-8-3-4-9(12)10(7-8)14-6-2-1-5-13/h3-4,7,13H,1-2,5-6H2. The SMILES string of the molecule is OCCCCOc1cc(Cl)ccc1Cl. The molecular weight excluding hydrogens is 223 g/mol. The van der Waals surface area contributed by atoms with Crippen molar-refractivity contribution in [1.82, 2.24) is 0 Å². The van der Waals surface area contributed by atoms with Crippen molar-refractivity contribution in [1.29, 1.82) is 0 Å². The maximum atomic E-state index is 8.56. The summed E-state index contributed by atoms with van der Waals surface area (Å²) in [5, 5.41) is 9.72. The molecule has 0 saturated carbocycles. The van der Waals surface area contributed by atoms with Crippen LogP contribution in [0.5, 0.6) is 5.75 Å². The molecule has 1 aromatic carbocycles. The number of rotatable bonds is 5. The molecule has 2 nitrogen and oxygen atoms in total. The maximum absolute atomic E-state index is 8.56. The molecule has 0 saturated heterocycles. The molecule has 0 heterocycles. The summed E-state index contributed by atoms with van der Waals surface area (Å²) in [6, 6.07) is 5.10. The number of aliphatic hydroxyl groups is 1. The Bertz CT molecular complexity index is 289. The molecule has 1 aromatic rings. The summed E-state index contributed by atoms with van der Waals surface area (Å²) in [5.74, 6) is 0.595. The fourth-order valence-electron chi connectivity index (χ4n) is 0.984. The molecule has 0 atom stereocenters. The summed E-state index contributed by atoms with van der Waals surface area (Å²) >= 11 is 11.7. The Morgan fingerprint density at radius 3 is 2.71 bits per heavy atom. The topological polar surface area (TPSA) is 29.5 Å². The molecule has 4 heteroatoms. The summed E-state index contributed by atoms with van der Waals surface area (Å²) in [7, 11) is 0. The largest absolute Gasteiger partial charge is 0.492 e. The maximum Gasteiger partial charge on any atom is 0.139 e. The van der Waals surface area contributed by atoms with Crippen LogP contribution in [-0.2, 0) is 0 Å². The van der Waals surface area contributed by atoms with E-state index in [1.807, 2.05) is 0 Å². The Kier molecular flexibility index (Phi) is 5.09. The van der Waals surface area contributed by atoms with Gasteiger partial charge in [-0.3, -0.25) is 0 Å². The van der Waals surface area contributed by atoms with Gasteiger partial charge in [0.15, 0.2) is 0 Å². The average Bonchev–Trinajstić information content (AvgIpc) is 2.18. The van der Waals surface area contributed by atoms with Crippen LogP contribution in [0.3, 0.4) is 0 Å². The molecule has 0 spiro atoms. The smallest absolute Gasteiger partial charge is 0.139 e. The van der Waals surface area contributed by atoms with Crippen molar-refractivity contribution < 1.29 is 9.84 Å². The highest BCUT2D eigenvalue weighted by atomic mass is 35.5. The minimum absolute atomic E-state index is 0.187. The summed E-state index contributed by atoms with van der Waals surface area (Å²) in [4.78, 5) is 0. The Labute approximate surface area is 93.4 Å². The van der Waals surface area contributed by atoms with Crippen molar-refractivity contribution >= 4 is 23.2 Å². The van der Waals surface area contributed by atoms with E-state index in [4.69, 9.17) is 33.0 Å². The lowest BCUT2D eigenvalue weighted by molar-refractivity contribution is 0.253. The van der Waals surface area contributed by atoms with Crippen LogP contribution < -0.4 is 4.74 Å². The lowest BCUT2D eigenvalue weighted by Gasteiger charge is -2.07. The summed E-state index contributed by atoms with van der Waals surface area (Å²) in [6.45, 7) is 0.729. The molecule has 0 aliphatic carbocycles. The first-order chi connectivity index (χ1) is 6.74. The van der Waals surface area contributed by atoms with E-state index in [0.717, 1.165) is 12.8 Å². The van der Waals surface area contributed by atoms with Crippen molar-refractivity contribution in [3.05, 3.63) is 28.2 Å². The van der Waals surface area contributed by atoms with Crippen molar-refractivity contribution in [3.8, 4) is 5.75 Å². The van der Waals surface area contributed by atoms with E-state index in [9.17, 15) is 0 Å². The monoisotopic (exact) mass is 234 g/mol. The first kappa shape index (κ1) is 11.6. The van der Waals surface area contributed by atoms with Gasteiger partial charge in [-0.05, 0) is 25.0 Å². The van der Waals surface area contributed by atoms with Crippen LogP contribution in [0.2, 0.25) is 10.0 Å². The third-order valence-electron chi connectivity index (χ3n) is 1.70. The summed E-state index contributed by atoms with van der Waals surface area (Å²) in [5.41, 5.74) is 0. The quantitative estimate of drug-likeness (QED) is 0.794. The van der Waals surface area contributed by atoms with E-state index in [0.29, 0.717) is 22.4 Å². The van der Waals surface area contributed by atoms with Crippen LogP contribution in [0.15, 0.2) is 18.2 Å². The normalized spacial score (nSPS) is 10.2. The van der Waals surface area contributed by atoms with Crippen LogP contribution in [0, 0.1) is 0 Å². The third kappa shape index (κ3) is 3.74. The van der Waals surface area contributed by atoms with E-state index >= 15 is 0 Å². The minimum atomic E-state index is 0.187. The van der Waals surface area contributed by atoms with E-state index in [2.05, 4.69) is 0 Å². The highest BCUT2D eigenvalue weighted by Crippen LogP contribution is 2.27. The van der Waals surface area contributed by atoms with Gasteiger partial charge >= 0.3 is 0 Å². The van der Waals surface area contributed by atoms with Crippen LogP contribution in [0.4, 0.5) is 0 Å². The van der Waals surface area contributed by atoms with Crippen molar-refractivity contribution in [2.75, 3.05) is 13.2 Å². The molecule has 0 aliphatic heterocycles. The van der Waals surface area contributed by atoms with Crippen molar-refractivity contribution in [2.24, 2.45) is 0 Å². The van der Waals surface area contributed by atoms with Gasteiger partial charge in [-0.25, -0.2) is 0 Å². The molecule has 1 N–H and O–H groups in total. The highest BCUT2D eigenvalue weighted by molar-refractivity contribution is 6.34. The fraction of sp³-hybridized carbons (Fsp3) is 0.400. The Morgan fingerprint density at radius 2 is 2.00 bits per heavy atom. The molecule has 0 radical (unpaired) electrons. The molecule has 14 heavy (non-hydrogen) atoms. The molecule has 0 aromatic heterocycles. The zero-order valence-electron chi connectivity index (χ0n) is 7.67. The molecule has 0 bridgehead atoms. The molecule has 1 rings (SSSR count). The summed E-state index contributed by atoms with van der Waals surface area (Å²) < 4.78 is 5.39. The van der Waals surface area contributed by atoms with Gasteiger partial charge in [0, 0.05) is 17.7 Å². The number of hydrogen-bond donors (Lipinski definition) is 1. The number of hydrogen-bond acceptors (Lipinski definition) is 2. The zero-order chi connectivity index (χ0) is 10.4. The second-order valence-corrected chi connectivity index (χ2v) is 3.70. The number of benzene rings is 1. The van der Waals surface area contributed by atoms with Crippen LogP contribution in [0.1, 0.15) is 12.8 Å². The number of aliphatic hydroxyl groups excluding tert-OH is 1. The third-order valence-corrected chi connectivity index (χ3v) is 2.25. The van der Waals surface area contributed by atoms with Gasteiger partial charge in [0.25, 0.3) is 0 Å². The Balaban J connectivity index is 2.45. The van der Waals surface area contributed by atoms with E-state index in [1.165, 1.54) is 0 Å².